The molecule has 272 valence electrons. The Balaban J connectivity index is 1.59. The number of carbonyl (C=O) groups is 2. The van der Waals surface area contributed by atoms with Gasteiger partial charge in [0.25, 0.3) is 0 Å². The number of carbonyl (C=O) groups excluding carboxylic acids is 2. The number of benzene rings is 2. The van der Waals surface area contributed by atoms with Crippen LogP contribution in [0.2, 0.25) is 0 Å². The van der Waals surface area contributed by atoms with Crippen LogP contribution in [0.1, 0.15) is 58.9 Å². The van der Waals surface area contributed by atoms with E-state index in [1.54, 1.807) is 26.0 Å². The van der Waals surface area contributed by atoms with E-state index in [1.807, 2.05) is 44.2 Å². The number of aliphatic hydroxyl groups excluding tert-OH is 1. The summed E-state index contributed by atoms with van der Waals surface area (Å²) >= 11 is 0. The number of rotatable bonds is 17. The second-order valence-corrected chi connectivity index (χ2v) is 15.9. The lowest BCUT2D eigenvalue weighted by Crippen LogP contribution is -2.61. The molecule has 5 atom stereocenters. The Morgan fingerprint density at radius 3 is 2.53 bits per heavy atom. The molecule has 2 aromatic rings. The van der Waals surface area contributed by atoms with Gasteiger partial charge in [-0.1, -0.05) is 56.7 Å². The predicted octanol–water partition coefficient (Wildman–Crippen LogP) is 2.97. The zero-order valence-corrected chi connectivity index (χ0v) is 29.6. The highest BCUT2D eigenvalue weighted by Gasteiger charge is 2.47. The lowest BCUT2D eigenvalue weighted by Gasteiger charge is -2.43. The summed E-state index contributed by atoms with van der Waals surface area (Å²) in [5.74, 6) is -0.240. The maximum absolute atomic E-state index is 14.2. The number of nitrogens with zero attached hydrogens (tertiary/aromatic N) is 2. The zero-order valence-electron chi connectivity index (χ0n) is 28.8. The smallest absolute Gasteiger partial charge is 0.407 e. The van der Waals surface area contributed by atoms with Crippen molar-refractivity contribution in [2.24, 2.45) is 11.3 Å². The molecule has 0 aliphatic carbocycles. The van der Waals surface area contributed by atoms with E-state index in [-0.39, 0.29) is 48.7 Å². The van der Waals surface area contributed by atoms with Gasteiger partial charge in [-0.3, -0.25) is 0 Å². The van der Waals surface area contributed by atoms with E-state index in [1.165, 1.54) is 16.4 Å². The number of carboxylic acid groups (broad SMARTS) is 1. The molecule has 14 heteroatoms. The molecule has 2 aliphatic rings. The average Bonchev–Trinajstić information content (AvgIpc) is 3.65. The molecule has 13 nitrogen and oxygen atoms in total. The van der Waals surface area contributed by atoms with Crippen molar-refractivity contribution in [1.82, 2.24) is 14.5 Å². The third-order valence-electron chi connectivity index (χ3n) is 9.05. The molecule has 0 unspecified atom stereocenters. The van der Waals surface area contributed by atoms with Gasteiger partial charge >= 0.3 is 6.09 Å². The Labute approximate surface area is 289 Å². The summed E-state index contributed by atoms with van der Waals surface area (Å²) in [6, 6.07) is 13.4. The number of hydrogen-bond donors (Lipinski definition) is 3. The van der Waals surface area contributed by atoms with Gasteiger partial charge in [-0.25, -0.2) is 13.2 Å². The highest BCUT2D eigenvalue weighted by molar-refractivity contribution is 7.89. The fraction of sp³-hybridized carbons (Fsp3) is 0.600. The van der Waals surface area contributed by atoms with Crippen molar-refractivity contribution in [3.8, 4) is 0 Å². The minimum Gasteiger partial charge on any atom is -0.530 e. The first-order valence-corrected chi connectivity index (χ1v) is 18.4. The lowest BCUT2D eigenvalue weighted by molar-refractivity contribution is -0.273. The molecule has 2 amide bonds. The molecule has 2 saturated heterocycles. The Kier molecular flexibility index (Phi) is 13.3. The van der Waals surface area contributed by atoms with E-state index in [0.717, 1.165) is 10.5 Å². The normalized spacial score (nSPS) is 20.6. The monoisotopic (exact) mass is 703 g/mol. The van der Waals surface area contributed by atoms with Crippen LogP contribution in [0.15, 0.2) is 59.5 Å². The third-order valence-corrected chi connectivity index (χ3v) is 10.9. The van der Waals surface area contributed by atoms with E-state index in [2.05, 4.69) is 5.32 Å². The van der Waals surface area contributed by atoms with Crippen LogP contribution < -0.4 is 16.2 Å². The number of unbranched alkanes of at least 4 members (excludes halogenated alkanes) is 1. The molecule has 0 saturated carbocycles. The largest absolute Gasteiger partial charge is 0.530 e. The topological polar surface area (TPSA) is 184 Å². The summed E-state index contributed by atoms with van der Waals surface area (Å²) < 4.78 is 46.2. The number of ether oxygens (including phenoxy) is 3. The number of sulfonamides is 1. The van der Waals surface area contributed by atoms with Crippen LogP contribution in [0.4, 0.5) is 15.3 Å². The molecule has 0 aromatic heterocycles. The van der Waals surface area contributed by atoms with Crippen LogP contribution in [0.5, 0.6) is 0 Å². The van der Waals surface area contributed by atoms with Gasteiger partial charge in [0.15, 0.2) is 6.29 Å². The molecule has 0 radical (unpaired) electrons. The molecule has 2 aliphatic heterocycles. The minimum atomic E-state index is -4.20. The fourth-order valence-corrected chi connectivity index (χ4v) is 8.36. The van der Waals surface area contributed by atoms with Gasteiger partial charge in [0.1, 0.15) is 6.09 Å². The van der Waals surface area contributed by atoms with E-state index in [9.17, 15) is 28.2 Å². The number of amides is 2. The second kappa shape index (κ2) is 17.0. The summed E-state index contributed by atoms with van der Waals surface area (Å²) in [5, 5.41) is 27.6. The van der Waals surface area contributed by atoms with Gasteiger partial charge in [0.2, 0.25) is 10.0 Å². The highest BCUT2D eigenvalue weighted by atomic mass is 32.2. The number of fused-ring (bicyclic) bond motifs is 1. The Bertz CT molecular complexity index is 1490. The number of nitrogens with one attached hydrogen (secondary N) is 1. The zero-order chi connectivity index (χ0) is 35.8. The molecular formula is C35H51N4O9S-. The summed E-state index contributed by atoms with van der Waals surface area (Å²) in [7, 11) is -4.20. The summed E-state index contributed by atoms with van der Waals surface area (Å²) in [4.78, 5) is 25.8. The molecule has 2 aromatic carbocycles. The molecule has 4 rings (SSSR count). The van der Waals surface area contributed by atoms with Gasteiger partial charge < -0.3 is 45.2 Å². The van der Waals surface area contributed by atoms with Crippen molar-refractivity contribution in [3.05, 3.63) is 60.2 Å². The molecule has 2 heterocycles. The molecular weight excluding hydrogens is 652 g/mol. The molecule has 2 fully saturated rings. The van der Waals surface area contributed by atoms with Gasteiger partial charge in [-0.05, 0) is 68.7 Å². The van der Waals surface area contributed by atoms with Crippen LogP contribution in [0.25, 0.3) is 0 Å². The molecule has 0 spiro atoms. The SMILES string of the molecule is CC(C)OC(=O)NCCCCC(C)(C)CN(C[C@@H](O)[C@H](Cc1ccccc1)N(C(=O)[O-])[C@H]1CO[C@H]2OCC[C@H]21)S(=O)(=O)c1cccc(N)c1. The van der Waals surface area contributed by atoms with Crippen LogP contribution in [-0.2, 0) is 30.7 Å². The highest BCUT2D eigenvalue weighted by Crippen LogP contribution is 2.36. The van der Waals surface area contributed by atoms with E-state index < -0.39 is 52.1 Å². The predicted molar refractivity (Wildman–Crippen MR) is 182 cm³/mol. The fourth-order valence-electron chi connectivity index (χ4n) is 6.65. The summed E-state index contributed by atoms with van der Waals surface area (Å²) in [6.45, 7) is 7.96. The quantitative estimate of drug-likeness (QED) is 0.164. The standard InChI is InChI=1S/C35H52N4O9S/c1-24(2)48-33(41)37-17-9-8-16-35(3,4)23-38(49(44,45)27-14-10-13-26(36)20-27)21-31(40)29(19-25-11-6-5-7-12-25)39(34(42)43)30-22-47-32-28(30)15-18-46-32/h5-7,10-14,20,24,28-32,40H,8-9,15-19,21-23,36H2,1-4H3,(H,37,41)(H,42,43)/p-1/t28-,29-,30-,31+,32+/m0/s1. The van der Waals surface area contributed by atoms with Crippen molar-refractivity contribution in [2.45, 2.75) is 95.3 Å². The average molecular weight is 704 g/mol. The first kappa shape index (κ1) is 38.4. The van der Waals surface area contributed by atoms with Gasteiger partial charge in [0.05, 0.1) is 42.4 Å². The van der Waals surface area contributed by atoms with Crippen LogP contribution in [-0.4, -0.2) is 98.3 Å². The number of nitrogen functional groups attached to an aromatic ring is 1. The van der Waals surface area contributed by atoms with E-state index in [4.69, 9.17) is 19.9 Å². The first-order chi connectivity index (χ1) is 23.2. The number of hydrogen-bond acceptors (Lipinski definition) is 10. The van der Waals surface area contributed by atoms with Crippen LogP contribution in [0.3, 0.4) is 0 Å². The second-order valence-electron chi connectivity index (χ2n) is 14.0. The number of alkyl carbamates (subject to hydrolysis) is 1. The van der Waals surface area contributed by atoms with Crippen molar-refractivity contribution in [3.63, 3.8) is 0 Å². The summed E-state index contributed by atoms with van der Waals surface area (Å²) in [6.07, 6.45) is -1.53. The molecule has 49 heavy (non-hydrogen) atoms. The summed E-state index contributed by atoms with van der Waals surface area (Å²) in [5.41, 5.74) is 6.44. The number of anilines is 1. The van der Waals surface area contributed by atoms with Crippen molar-refractivity contribution in [1.29, 1.82) is 0 Å². The molecule has 0 bridgehead atoms. The first-order valence-electron chi connectivity index (χ1n) is 16.9. The van der Waals surface area contributed by atoms with Crippen LogP contribution >= 0.6 is 0 Å². The third kappa shape index (κ3) is 10.5. The Morgan fingerprint density at radius 2 is 1.86 bits per heavy atom. The maximum Gasteiger partial charge on any atom is 0.407 e. The minimum absolute atomic E-state index is 0.0263. The van der Waals surface area contributed by atoms with Crippen molar-refractivity contribution in [2.75, 3.05) is 38.6 Å². The van der Waals surface area contributed by atoms with Crippen LogP contribution in [0, 0.1) is 11.3 Å². The number of nitrogens with two attached hydrogens (primary N) is 1. The van der Waals surface area contributed by atoms with Gasteiger partial charge in [-0.15, -0.1) is 0 Å². The van der Waals surface area contributed by atoms with Gasteiger partial charge in [-0.2, -0.15) is 4.31 Å². The van der Waals surface area contributed by atoms with E-state index >= 15 is 0 Å². The molecule has 4 N–H and O–H groups in total. The Hall–Kier alpha value is -3.43. The van der Waals surface area contributed by atoms with Crippen molar-refractivity contribution < 1.29 is 42.4 Å². The van der Waals surface area contributed by atoms with Crippen molar-refractivity contribution >= 4 is 27.9 Å². The Morgan fingerprint density at radius 1 is 1.12 bits per heavy atom. The van der Waals surface area contributed by atoms with E-state index in [0.29, 0.717) is 38.8 Å². The number of aliphatic hydroxyl groups is 1. The maximum atomic E-state index is 14.2. The lowest BCUT2D eigenvalue weighted by atomic mass is 9.87. The van der Waals surface area contributed by atoms with Gasteiger partial charge in [0, 0.05) is 31.2 Å².